The average molecular weight is 300 g/mol. The van der Waals surface area contributed by atoms with Gasteiger partial charge >= 0.3 is 6.03 Å². The van der Waals surface area contributed by atoms with Crippen molar-refractivity contribution < 1.29 is 9.18 Å². The van der Waals surface area contributed by atoms with Crippen molar-refractivity contribution in [1.82, 2.24) is 10.2 Å². The lowest BCUT2D eigenvalue weighted by Crippen LogP contribution is -2.38. The van der Waals surface area contributed by atoms with Gasteiger partial charge in [0.25, 0.3) is 0 Å². The van der Waals surface area contributed by atoms with Gasteiger partial charge in [0.2, 0.25) is 0 Å². The highest BCUT2D eigenvalue weighted by atomic mass is 19.1. The van der Waals surface area contributed by atoms with Crippen molar-refractivity contribution >= 4 is 6.03 Å². The van der Waals surface area contributed by atoms with E-state index in [1.165, 1.54) is 17.7 Å². The van der Waals surface area contributed by atoms with E-state index in [0.29, 0.717) is 6.54 Å². The number of urea groups is 1. The molecule has 2 aromatic rings. The Labute approximate surface area is 130 Å². The Balaban J connectivity index is 1.93. The van der Waals surface area contributed by atoms with Crippen molar-refractivity contribution in [3.63, 3.8) is 0 Å². The standard InChI is InChI=1S/C18H21FN2O/c1-13-4-6-15(7-5-13)12-20-18(22)21(3)14(2)16-8-10-17(19)11-9-16/h4-11,14H,12H2,1-3H3,(H,20,22). The fraction of sp³-hybridized carbons (Fsp3) is 0.278. The summed E-state index contributed by atoms with van der Waals surface area (Å²) < 4.78 is 13.0. The molecule has 4 heteroatoms. The minimum absolute atomic E-state index is 0.126. The fourth-order valence-corrected chi connectivity index (χ4v) is 2.15. The van der Waals surface area contributed by atoms with Gasteiger partial charge in [-0.25, -0.2) is 9.18 Å². The molecule has 0 fully saturated rings. The van der Waals surface area contributed by atoms with Gasteiger partial charge in [-0.3, -0.25) is 0 Å². The molecule has 0 saturated heterocycles. The van der Waals surface area contributed by atoms with Crippen molar-refractivity contribution in [2.75, 3.05) is 7.05 Å². The summed E-state index contributed by atoms with van der Waals surface area (Å²) in [6.45, 7) is 4.43. The van der Waals surface area contributed by atoms with E-state index < -0.39 is 0 Å². The zero-order valence-electron chi connectivity index (χ0n) is 13.1. The Morgan fingerprint density at radius 2 is 1.73 bits per heavy atom. The van der Waals surface area contributed by atoms with Crippen molar-refractivity contribution in [3.8, 4) is 0 Å². The van der Waals surface area contributed by atoms with Crippen molar-refractivity contribution in [1.29, 1.82) is 0 Å². The van der Waals surface area contributed by atoms with E-state index in [1.54, 1.807) is 24.1 Å². The number of rotatable bonds is 4. The Morgan fingerprint density at radius 1 is 1.14 bits per heavy atom. The molecule has 1 unspecified atom stereocenters. The molecule has 0 radical (unpaired) electrons. The largest absolute Gasteiger partial charge is 0.334 e. The second-order valence-electron chi connectivity index (χ2n) is 5.48. The molecule has 0 spiro atoms. The van der Waals surface area contributed by atoms with Gasteiger partial charge in [0.05, 0.1) is 6.04 Å². The lowest BCUT2D eigenvalue weighted by molar-refractivity contribution is 0.194. The molecule has 2 rings (SSSR count). The smallest absolute Gasteiger partial charge is 0.317 e. The monoisotopic (exact) mass is 300 g/mol. The molecule has 22 heavy (non-hydrogen) atoms. The number of halogens is 1. The lowest BCUT2D eigenvalue weighted by Gasteiger charge is -2.25. The van der Waals surface area contributed by atoms with Gasteiger partial charge in [0.15, 0.2) is 0 Å². The number of aryl methyl sites for hydroxylation is 1. The molecule has 116 valence electrons. The highest BCUT2D eigenvalue weighted by Crippen LogP contribution is 2.19. The van der Waals surface area contributed by atoms with E-state index in [9.17, 15) is 9.18 Å². The number of benzene rings is 2. The van der Waals surface area contributed by atoms with Crippen LogP contribution in [0.25, 0.3) is 0 Å². The second kappa shape index (κ2) is 7.07. The lowest BCUT2D eigenvalue weighted by atomic mass is 10.1. The summed E-state index contributed by atoms with van der Waals surface area (Å²) in [6.07, 6.45) is 0. The maximum Gasteiger partial charge on any atom is 0.317 e. The minimum atomic E-state index is -0.276. The van der Waals surface area contributed by atoms with Crippen LogP contribution in [0.5, 0.6) is 0 Å². The van der Waals surface area contributed by atoms with Crippen LogP contribution in [0.2, 0.25) is 0 Å². The van der Waals surface area contributed by atoms with Gasteiger partial charge in [-0.2, -0.15) is 0 Å². The maximum atomic E-state index is 13.0. The molecule has 0 saturated carbocycles. The van der Waals surface area contributed by atoms with Crippen LogP contribution in [0, 0.1) is 12.7 Å². The van der Waals surface area contributed by atoms with Crippen LogP contribution >= 0.6 is 0 Å². The predicted octanol–water partition coefficient (Wildman–Crippen LogP) is 4.04. The summed E-state index contributed by atoms with van der Waals surface area (Å²) in [4.78, 5) is 13.8. The van der Waals surface area contributed by atoms with Crippen LogP contribution in [0.3, 0.4) is 0 Å². The maximum absolute atomic E-state index is 13.0. The molecule has 0 aliphatic carbocycles. The first-order valence-electron chi connectivity index (χ1n) is 7.29. The third kappa shape index (κ3) is 4.07. The Kier molecular flexibility index (Phi) is 5.15. The van der Waals surface area contributed by atoms with Crippen LogP contribution in [0.15, 0.2) is 48.5 Å². The van der Waals surface area contributed by atoms with Gasteiger partial charge in [-0.1, -0.05) is 42.0 Å². The van der Waals surface area contributed by atoms with Gasteiger partial charge < -0.3 is 10.2 Å². The fourth-order valence-electron chi connectivity index (χ4n) is 2.15. The summed E-state index contributed by atoms with van der Waals surface area (Å²) in [5, 5.41) is 2.89. The van der Waals surface area contributed by atoms with Crippen molar-refractivity contribution in [2.24, 2.45) is 0 Å². The number of nitrogens with zero attached hydrogens (tertiary/aromatic N) is 1. The summed E-state index contributed by atoms with van der Waals surface area (Å²) in [5.74, 6) is -0.276. The molecule has 0 heterocycles. The second-order valence-corrected chi connectivity index (χ2v) is 5.48. The number of nitrogens with one attached hydrogen (secondary N) is 1. The summed E-state index contributed by atoms with van der Waals surface area (Å²) in [5.41, 5.74) is 3.15. The normalized spacial score (nSPS) is 11.8. The molecule has 0 aromatic heterocycles. The summed E-state index contributed by atoms with van der Waals surface area (Å²) >= 11 is 0. The van der Waals surface area contributed by atoms with E-state index in [0.717, 1.165) is 11.1 Å². The number of carbonyl (C=O) groups excluding carboxylic acids is 1. The number of amides is 2. The van der Waals surface area contributed by atoms with E-state index in [1.807, 2.05) is 38.1 Å². The first-order chi connectivity index (χ1) is 10.5. The summed E-state index contributed by atoms with van der Waals surface area (Å²) in [6, 6.07) is 14.0. The highest BCUT2D eigenvalue weighted by Gasteiger charge is 2.17. The first-order valence-corrected chi connectivity index (χ1v) is 7.29. The Bertz CT molecular complexity index is 623. The number of hydrogen-bond acceptors (Lipinski definition) is 1. The predicted molar refractivity (Wildman–Crippen MR) is 86.0 cm³/mol. The van der Waals surface area contributed by atoms with Crippen molar-refractivity contribution in [2.45, 2.75) is 26.4 Å². The topological polar surface area (TPSA) is 32.3 Å². The molecule has 0 bridgehead atoms. The van der Waals surface area contributed by atoms with Crippen LogP contribution in [0.1, 0.15) is 29.7 Å². The number of hydrogen-bond donors (Lipinski definition) is 1. The van der Waals surface area contributed by atoms with Crippen LogP contribution in [-0.2, 0) is 6.54 Å². The van der Waals surface area contributed by atoms with Gasteiger partial charge in [-0.15, -0.1) is 0 Å². The van der Waals surface area contributed by atoms with Crippen LogP contribution in [-0.4, -0.2) is 18.0 Å². The SMILES string of the molecule is Cc1ccc(CNC(=O)N(C)C(C)c2ccc(F)cc2)cc1. The zero-order chi connectivity index (χ0) is 16.1. The van der Waals surface area contributed by atoms with Crippen molar-refractivity contribution in [3.05, 3.63) is 71.0 Å². The molecular weight excluding hydrogens is 279 g/mol. The third-order valence-electron chi connectivity index (χ3n) is 3.82. The molecule has 2 aromatic carbocycles. The highest BCUT2D eigenvalue weighted by molar-refractivity contribution is 5.74. The van der Waals surface area contributed by atoms with Crippen LogP contribution < -0.4 is 5.32 Å². The molecule has 3 nitrogen and oxygen atoms in total. The minimum Gasteiger partial charge on any atom is -0.334 e. The quantitative estimate of drug-likeness (QED) is 0.908. The Hall–Kier alpha value is -2.36. The number of carbonyl (C=O) groups is 1. The van der Waals surface area contributed by atoms with E-state index in [4.69, 9.17) is 0 Å². The molecule has 0 aliphatic heterocycles. The molecule has 1 atom stereocenters. The van der Waals surface area contributed by atoms with Crippen LogP contribution in [0.4, 0.5) is 9.18 Å². The Morgan fingerprint density at radius 3 is 2.32 bits per heavy atom. The molecular formula is C18H21FN2O. The van der Waals surface area contributed by atoms with Gasteiger partial charge in [0, 0.05) is 13.6 Å². The van der Waals surface area contributed by atoms with E-state index in [2.05, 4.69) is 5.32 Å². The van der Waals surface area contributed by atoms with Gasteiger partial charge in [0.1, 0.15) is 5.82 Å². The first kappa shape index (κ1) is 16.0. The third-order valence-corrected chi connectivity index (χ3v) is 3.82. The van der Waals surface area contributed by atoms with Gasteiger partial charge in [-0.05, 0) is 37.1 Å². The molecule has 1 N–H and O–H groups in total. The zero-order valence-corrected chi connectivity index (χ0v) is 13.1. The molecule has 0 aliphatic rings. The van der Waals surface area contributed by atoms with E-state index in [-0.39, 0.29) is 17.9 Å². The van der Waals surface area contributed by atoms with E-state index >= 15 is 0 Å². The average Bonchev–Trinajstić information content (AvgIpc) is 2.53. The molecule has 2 amide bonds. The summed E-state index contributed by atoms with van der Waals surface area (Å²) in [7, 11) is 1.73.